The molecule has 0 atom stereocenters. The minimum atomic E-state index is -0.463. The minimum absolute atomic E-state index is 0.0515. The van der Waals surface area contributed by atoms with Crippen LogP contribution >= 0.6 is 22.6 Å². The van der Waals surface area contributed by atoms with Gasteiger partial charge in [-0.3, -0.25) is 10.1 Å². The number of nitrogens with zero attached hydrogens (tertiary/aromatic N) is 1. The van der Waals surface area contributed by atoms with Gasteiger partial charge in [0, 0.05) is 18.2 Å². The zero-order valence-electron chi connectivity index (χ0n) is 10.7. The van der Waals surface area contributed by atoms with E-state index in [1.807, 2.05) is 0 Å². The molecule has 1 fully saturated rings. The van der Waals surface area contributed by atoms with Gasteiger partial charge in [-0.2, -0.15) is 0 Å². The monoisotopic (exact) mass is 378 g/mol. The van der Waals surface area contributed by atoms with E-state index in [2.05, 4.69) is 12.2 Å². The van der Waals surface area contributed by atoms with E-state index >= 15 is 0 Å². The fraction of sp³-hybridized carbons (Fsp3) is 0.538. The van der Waals surface area contributed by atoms with Crippen molar-refractivity contribution in [3.63, 3.8) is 0 Å². The summed E-state index contributed by atoms with van der Waals surface area (Å²) in [7, 11) is 0. The van der Waals surface area contributed by atoms with Crippen LogP contribution in [0.3, 0.4) is 0 Å². The minimum Gasteiger partial charge on any atom is -0.377 e. The van der Waals surface area contributed by atoms with Crippen molar-refractivity contribution >= 4 is 34.0 Å². The van der Waals surface area contributed by atoms with Crippen molar-refractivity contribution in [2.24, 2.45) is 5.92 Å². The SMILES string of the molecule is CC1CCC(Nc2cc(F)c(I)cc2[N+](=O)[O-])CC1. The molecular weight excluding hydrogens is 362 g/mol. The molecular formula is C13H16FIN2O2. The van der Waals surface area contributed by atoms with Gasteiger partial charge >= 0.3 is 0 Å². The Morgan fingerprint density at radius 1 is 1.37 bits per heavy atom. The van der Waals surface area contributed by atoms with Crippen LogP contribution in [0.25, 0.3) is 0 Å². The molecule has 19 heavy (non-hydrogen) atoms. The maximum atomic E-state index is 13.6. The van der Waals surface area contributed by atoms with Crippen molar-refractivity contribution in [2.45, 2.75) is 38.6 Å². The molecule has 6 heteroatoms. The van der Waals surface area contributed by atoms with Crippen LogP contribution in [-0.4, -0.2) is 11.0 Å². The van der Waals surface area contributed by atoms with Crippen LogP contribution in [0.2, 0.25) is 0 Å². The lowest BCUT2D eigenvalue weighted by atomic mass is 9.87. The first-order chi connectivity index (χ1) is 8.97. The largest absolute Gasteiger partial charge is 0.377 e. The van der Waals surface area contributed by atoms with Crippen LogP contribution in [0.15, 0.2) is 12.1 Å². The molecule has 1 aromatic rings. The van der Waals surface area contributed by atoms with E-state index in [0.29, 0.717) is 11.6 Å². The first-order valence-electron chi connectivity index (χ1n) is 6.37. The van der Waals surface area contributed by atoms with E-state index < -0.39 is 10.7 Å². The van der Waals surface area contributed by atoms with Crippen molar-refractivity contribution in [1.82, 2.24) is 0 Å². The number of nitrogens with one attached hydrogen (secondary N) is 1. The molecule has 1 aliphatic carbocycles. The Morgan fingerprint density at radius 2 is 2.00 bits per heavy atom. The predicted molar refractivity (Wildman–Crippen MR) is 80.8 cm³/mol. The van der Waals surface area contributed by atoms with Crippen molar-refractivity contribution in [3.8, 4) is 0 Å². The Hall–Kier alpha value is -0.920. The highest BCUT2D eigenvalue weighted by molar-refractivity contribution is 14.1. The maximum absolute atomic E-state index is 13.6. The van der Waals surface area contributed by atoms with Gasteiger partial charge in [-0.1, -0.05) is 6.92 Å². The lowest BCUT2D eigenvalue weighted by Gasteiger charge is -2.27. The molecule has 0 saturated heterocycles. The summed E-state index contributed by atoms with van der Waals surface area (Å²) in [6.07, 6.45) is 4.18. The van der Waals surface area contributed by atoms with E-state index in [0.717, 1.165) is 25.7 Å². The molecule has 0 spiro atoms. The average molecular weight is 378 g/mol. The Kier molecular flexibility index (Phi) is 4.59. The number of hydrogen-bond donors (Lipinski definition) is 1. The van der Waals surface area contributed by atoms with Gasteiger partial charge in [0.15, 0.2) is 0 Å². The zero-order valence-corrected chi connectivity index (χ0v) is 12.8. The molecule has 0 amide bonds. The number of anilines is 1. The molecule has 1 aliphatic rings. The van der Waals surface area contributed by atoms with Crippen LogP contribution < -0.4 is 5.32 Å². The van der Waals surface area contributed by atoms with Gasteiger partial charge in [0.2, 0.25) is 0 Å². The molecule has 0 radical (unpaired) electrons. The fourth-order valence-electron chi connectivity index (χ4n) is 2.43. The second kappa shape index (κ2) is 6.02. The summed E-state index contributed by atoms with van der Waals surface area (Å²) < 4.78 is 13.8. The summed E-state index contributed by atoms with van der Waals surface area (Å²) in [5.41, 5.74) is 0.242. The van der Waals surface area contributed by atoms with Gasteiger partial charge in [0.25, 0.3) is 5.69 Å². The maximum Gasteiger partial charge on any atom is 0.293 e. The van der Waals surface area contributed by atoms with Crippen LogP contribution in [0.4, 0.5) is 15.8 Å². The topological polar surface area (TPSA) is 55.2 Å². The van der Waals surface area contributed by atoms with Gasteiger partial charge in [0.05, 0.1) is 8.49 Å². The van der Waals surface area contributed by atoms with Gasteiger partial charge in [-0.05, 0) is 54.2 Å². The molecule has 0 bridgehead atoms. The normalized spacial score (nSPS) is 23.1. The summed E-state index contributed by atoms with van der Waals surface area (Å²) in [5, 5.41) is 14.2. The Balaban J connectivity index is 2.19. The summed E-state index contributed by atoms with van der Waals surface area (Å²) in [5.74, 6) is 0.291. The van der Waals surface area contributed by atoms with Gasteiger partial charge < -0.3 is 5.32 Å². The number of nitro benzene ring substituents is 1. The highest BCUT2D eigenvalue weighted by atomic mass is 127. The van der Waals surface area contributed by atoms with E-state index in [1.54, 1.807) is 22.6 Å². The molecule has 4 nitrogen and oxygen atoms in total. The third kappa shape index (κ3) is 3.55. The van der Waals surface area contributed by atoms with Gasteiger partial charge in [-0.25, -0.2) is 4.39 Å². The van der Waals surface area contributed by atoms with Crippen molar-refractivity contribution in [1.29, 1.82) is 0 Å². The van der Waals surface area contributed by atoms with Crippen LogP contribution in [0, 0.1) is 25.4 Å². The lowest BCUT2D eigenvalue weighted by molar-refractivity contribution is -0.384. The first-order valence-corrected chi connectivity index (χ1v) is 7.45. The highest BCUT2D eigenvalue weighted by Gasteiger charge is 2.23. The Bertz CT molecular complexity index is 488. The van der Waals surface area contributed by atoms with Crippen LogP contribution in [0.5, 0.6) is 0 Å². The number of halogens is 2. The fourth-order valence-corrected chi connectivity index (χ4v) is 2.88. The number of hydrogen-bond acceptors (Lipinski definition) is 3. The molecule has 0 heterocycles. The van der Waals surface area contributed by atoms with E-state index in [4.69, 9.17) is 0 Å². The molecule has 0 unspecified atom stereocenters. The lowest BCUT2D eigenvalue weighted by Crippen LogP contribution is -2.25. The summed E-state index contributed by atoms with van der Waals surface area (Å²) in [6, 6.07) is 2.72. The predicted octanol–water partition coefficient (Wildman–Crippen LogP) is 4.33. The van der Waals surface area contributed by atoms with Gasteiger partial charge in [0.1, 0.15) is 11.5 Å². The summed E-state index contributed by atoms with van der Waals surface area (Å²) in [6.45, 7) is 2.21. The van der Waals surface area contributed by atoms with Crippen LogP contribution in [0.1, 0.15) is 32.6 Å². The smallest absolute Gasteiger partial charge is 0.293 e. The quantitative estimate of drug-likeness (QED) is 0.484. The van der Waals surface area contributed by atoms with E-state index in [9.17, 15) is 14.5 Å². The first kappa shape index (κ1) is 14.5. The number of nitro groups is 1. The highest BCUT2D eigenvalue weighted by Crippen LogP contribution is 2.32. The van der Waals surface area contributed by atoms with E-state index in [1.165, 1.54) is 12.1 Å². The average Bonchev–Trinajstić information content (AvgIpc) is 2.36. The molecule has 104 valence electrons. The van der Waals surface area contributed by atoms with Crippen molar-refractivity contribution < 1.29 is 9.31 Å². The van der Waals surface area contributed by atoms with Crippen LogP contribution in [-0.2, 0) is 0 Å². The third-order valence-corrected chi connectivity index (χ3v) is 4.44. The second-order valence-corrected chi connectivity index (χ2v) is 6.30. The number of rotatable bonds is 3. The van der Waals surface area contributed by atoms with Gasteiger partial charge in [-0.15, -0.1) is 0 Å². The summed E-state index contributed by atoms with van der Waals surface area (Å²) in [4.78, 5) is 10.6. The molecule has 1 aromatic carbocycles. The molecule has 2 rings (SSSR count). The molecule has 0 aromatic heterocycles. The molecule has 1 saturated carbocycles. The standard InChI is InChI=1S/C13H16FIN2O2/c1-8-2-4-9(5-3-8)16-12-6-10(14)11(15)7-13(12)17(18)19/h6-9,16H,2-5H2,1H3. The van der Waals surface area contributed by atoms with E-state index in [-0.39, 0.29) is 15.3 Å². The zero-order chi connectivity index (χ0) is 14.0. The number of benzene rings is 1. The Labute approximate surface area is 125 Å². The van der Waals surface area contributed by atoms with Crippen molar-refractivity contribution in [2.75, 3.05) is 5.32 Å². The second-order valence-electron chi connectivity index (χ2n) is 5.14. The molecule has 0 aliphatic heterocycles. The van der Waals surface area contributed by atoms with Crippen molar-refractivity contribution in [3.05, 3.63) is 31.6 Å². The molecule has 1 N–H and O–H groups in total. The Morgan fingerprint density at radius 3 is 2.58 bits per heavy atom. The summed E-state index contributed by atoms with van der Waals surface area (Å²) >= 11 is 1.77. The third-order valence-electron chi connectivity index (χ3n) is 3.61.